The van der Waals surface area contributed by atoms with Crippen LogP contribution in [0.1, 0.15) is 143 Å². The fraction of sp³-hybridized carbons (Fsp3) is 0.603. The summed E-state index contributed by atoms with van der Waals surface area (Å²) in [5.41, 5.74) is 44.9. The molecule has 36 N–H and O–H groups in total. The lowest BCUT2D eigenvalue weighted by molar-refractivity contribution is -0.136. The van der Waals surface area contributed by atoms with Crippen LogP contribution >= 0.6 is 90.4 Å². The average Bonchev–Trinajstić information content (AvgIpc) is 1.59. The fourth-order valence-electron chi connectivity index (χ4n) is 10.0. The smallest absolute Gasteiger partial charge is 0.263 e. The van der Waals surface area contributed by atoms with Crippen molar-refractivity contribution in [3.05, 3.63) is 25.4 Å². The second kappa shape index (κ2) is 48.9. The molecule has 1 aromatic rings. The number of guanidine groups is 6. The van der Waals surface area contributed by atoms with Crippen LogP contribution in [0.3, 0.4) is 0 Å². The first-order valence-corrected chi connectivity index (χ1v) is 37.1. The van der Waals surface area contributed by atoms with Gasteiger partial charge in [-0.25, -0.2) is 0 Å². The number of nitrogens with one attached hydrogen (secondary N) is 20. The maximum atomic E-state index is 14.8. The number of halogens is 4. The molecule has 0 radical (unpaired) electrons. The molecule has 3 unspecified atom stereocenters. The maximum absolute atomic E-state index is 14.8. The first-order valence-electron chi connectivity index (χ1n) is 32.8. The molecule has 0 saturated heterocycles. The van der Waals surface area contributed by atoms with E-state index in [0.29, 0.717) is 45.8 Å². The van der Waals surface area contributed by atoms with Crippen LogP contribution in [0, 0.1) is 46.7 Å². The molecular formula is C58H99I4N29O11. The van der Waals surface area contributed by atoms with Crippen molar-refractivity contribution in [3.63, 3.8) is 0 Å². The number of benzene rings is 1. The Labute approximate surface area is 645 Å². The number of nitrogens with two attached hydrogens (primary N) is 8. The highest BCUT2D eigenvalue weighted by Crippen LogP contribution is 2.37. The summed E-state index contributed by atoms with van der Waals surface area (Å²) in [7, 11) is 0. The van der Waals surface area contributed by atoms with E-state index >= 15 is 0 Å². The number of hydrogen-bond acceptors (Lipinski definition) is 18. The summed E-state index contributed by atoms with van der Waals surface area (Å²) in [4.78, 5) is 154. The van der Waals surface area contributed by atoms with Crippen molar-refractivity contribution in [1.82, 2.24) is 79.3 Å². The minimum atomic E-state index is -1.52. The number of primary amides is 1. The summed E-state index contributed by atoms with van der Waals surface area (Å²) in [5.74, 6) is -10.8. The number of hydrogen-bond donors (Lipinski definition) is 28. The molecule has 1 aliphatic heterocycles. The van der Waals surface area contributed by atoms with E-state index in [0.717, 1.165) is 12.0 Å². The summed E-state index contributed by atoms with van der Waals surface area (Å²) in [5, 5.41) is 82.8. The van der Waals surface area contributed by atoms with Gasteiger partial charge in [-0.15, -0.1) is 0 Å². The maximum Gasteiger partial charge on any atom is 0.263 e. The second-order valence-electron chi connectivity index (χ2n) is 23.4. The van der Waals surface area contributed by atoms with Crippen LogP contribution < -0.4 is 120 Å². The van der Waals surface area contributed by atoms with Crippen molar-refractivity contribution >= 4 is 191 Å². The average molecular weight is 1890 g/mol. The van der Waals surface area contributed by atoms with Gasteiger partial charge in [0.05, 0.1) is 11.1 Å². The predicted molar refractivity (Wildman–Crippen MR) is 415 cm³/mol. The highest BCUT2D eigenvalue weighted by Gasteiger charge is 2.42. The zero-order valence-corrected chi connectivity index (χ0v) is 65.0. The van der Waals surface area contributed by atoms with Gasteiger partial charge in [0.1, 0.15) is 48.8 Å². The molecule has 1 heterocycles. The van der Waals surface area contributed by atoms with E-state index in [1.54, 1.807) is 0 Å². The molecule has 11 amide bonds. The van der Waals surface area contributed by atoms with Gasteiger partial charge in [-0.3, -0.25) is 90.1 Å². The van der Waals surface area contributed by atoms with E-state index in [1.165, 1.54) is 0 Å². The first-order chi connectivity index (χ1) is 48.2. The van der Waals surface area contributed by atoms with Gasteiger partial charge in [-0.2, -0.15) is 0 Å². The van der Waals surface area contributed by atoms with Crippen molar-refractivity contribution in [1.29, 1.82) is 32.5 Å². The van der Waals surface area contributed by atoms with Crippen LogP contribution in [0.5, 0.6) is 0 Å². The highest BCUT2D eigenvalue weighted by molar-refractivity contribution is 14.1. The molecule has 44 heteroatoms. The van der Waals surface area contributed by atoms with Gasteiger partial charge in [-0.1, -0.05) is 6.42 Å². The van der Waals surface area contributed by atoms with Gasteiger partial charge < -0.3 is 120 Å². The highest BCUT2D eigenvalue weighted by atomic mass is 127. The van der Waals surface area contributed by atoms with Gasteiger partial charge in [0, 0.05) is 66.5 Å². The molecule has 1 aromatic carbocycles. The van der Waals surface area contributed by atoms with Gasteiger partial charge >= 0.3 is 0 Å². The number of carbonyl (C=O) groups is 11. The molecule has 0 aliphatic carbocycles. The number of imide groups is 1. The Morgan fingerprint density at radius 3 is 0.863 bits per heavy atom. The Kier molecular flexibility index (Phi) is 43.2. The zero-order chi connectivity index (χ0) is 76.6. The van der Waals surface area contributed by atoms with Crippen LogP contribution in [-0.4, -0.2) is 207 Å². The van der Waals surface area contributed by atoms with E-state index < -0.39 is 138 Å². The van der Waals surface area contributed by atoms with Crippen LogP contribution in [-0.2, 0) is 43.2 Å². The SMILES string of the molecule is N=C(N)NCCCC(NC(=O)[C@@H](CCCNC(=N)N)NC(=O)CCCCCNC(=O)CN1C(=O)c2c(I)c(I)c(I)c(I)c2C1=O)C(=O)N[C@H](CCCNC(=N)N)C(=O)NC(CCCNC(=N)N)C(=O)N[C@H](CCCNC(=N)N)C(=O)NC(CCCNC(=N)N)C(=O)N[C@H](CCCCN)C(N)=O. The molecule has 1 aliphatic rings. The first kappa shape index (κ1) is 90.2. The minimum Gasteiger partial charge on any atom is -0.370 e. The third kappa shape index (κ3) is 34.8. The molecule has 0 aromatic heterocycles. The Balaban J connectivity index is 2.48. The number of rotatable bonds is 50. The molecule has 570 valence electrons. The number of fused-ring (bicyclic) bond motifs is 1. The van der Waals surface area contributed by atoms with Crippen molar-refractivity contribution in [2.75, 3.05) is 58.9 Å². The third-order valence-electron chi connectivity index (χ3n) is 15.2. The topological polar surface area (TPSA) is 711 Å². The van der Waals surface area contributed by atoms with Gasteiger partial charge in [0.25, 0.3) is 11.8 Å². The normalized spacial score (nSPS) is 13.5. The van der Waals surface area contributed by atoms with E-state index in [2.05, 4.69) is 120 Å². The second-order valence-corrected chi connectivity index (χ2v) is 27.7. The Morgan fingerprint density at radius 1 is 0.324 bits per heavy atom. The number of amides is 11. The summed E-state index contributed by atoms with van der Waals surface area (Å²) in [6.45, 7) is 0.285. The lowest BCUT2D eigenvalue weighted by Gasteiger charge is -2.28. The molecular weight excluding hydrogens is 1790 g/mol. The summed E-state index contributed by atoms with van der Waals surface area (Å²) < 4.78 is 2.90. The molecule has 2 rings (SSSR count). The molecule has 0 bridgehead atoms. The third-order valence-corrected chi connectivity index (χ3v) is 22.6. The van der Waals surface area contributed by atoms with Gasteiger partial charge in [-0.05, 0) is 206 Å². The molecule has 40 nitrogen and oxygen atoms in total. The molecule has 0 fully saturated rings. The Morgan fingerprint density at radius 2 is 0.588 bits per heavy atom. The van der Waals surface area contributed by atoms with Crippen LogP contribution in [0.15, 0.2) is 0 Å². The lowest BCUT2D eigenvalue weighted by Crippen LogP contribution is -2.60. The van der Waals surface area contributed by atoms with Crippen molar-refractivity contribution in [2.24, 2.45) is 45.9 Å². The van der Waals surface area contributed by atoms with Crippen molar-refractivity contribution in [3.8, 4) is 0 Å². The number of nitrogens with zero attached hydrogens (tertiary/aromatic N) is 1. The zero-order valence-electron chi connectivity index (χ0n) is 56.4. The van der Waals surface area contributed by atoms with Crippen molar-refractivity contribution in [2.45, 2.75) is 164 Å². The minimum absolute atomic E-state index is 0.0153. The Bertz CT molecular complexity index is 3110. The molecule has 0 spiro atoms. The summed E-state index contributed by atoms with van der Waals surface area (Å²) in [6, 6.07) is -9.75. The van der Waals surface area contributed by atoms with Gasteiger partial charge in [0.15, 0.2) is 35.8 Å². The van der Waals surface area contributed by atoms with E-state index in [-0.39, 0.29) is 159 Å². The van der Waals surface area contributed by atoms with Gasteiger partial charge in [0.2, 0.25) is 53.2 Å². The number of unbranched alkanes of at least 4 members (excludes halogenated alkanes) is 3. The van der Waals surface area contributed by atoms with E-state index in [9.17, 15) is 52.7 Å². The summed E-state index contributed by atoms with van der Waals surface area (Å²) in [6.07, 6.45) is 2.00. The molecule has 102 heavy (non-hydrogen) atoms. The Hall–Kier alpha value is -7.91. The fourth-order valence-corrected chi connectivity index (χ4v) is 13.7. The summed E-state index contributed by atoms with van der Waals surface area (Å²) >= 11 is 8.26. The quantitative estimate of drug-likeness (QED) is 0.00552. The lowest BCUT2D eigenvalue weighted by atomic mass is 10.0. The van der Waals surface area contributed by atoms with E-state index in [1.807, 2.05) is 45.2 Å². The van der Waals surface area contributed by atoms with Crippen molar-refractivity contribution < 1.29 is 52.7 Å². The monoisotopic (exact) mass is 1890 g/mol. The predicted octanol–water partition coefficient (Wildman–Crippen LogP) is -5.03. The molecule has 7 atom stereocenters. The largest absolute Gasteiger partial charge is 0.370 e. The van der Waals surface area contributed by atoms with Crippen LogP contribution in [0.25, 0.3) is 0 Å². The van der Waals surface area contributed by atoms with Crippen LogP contribution in [0.2, 0.25) is 0 Å². The van der Waals surface area contributed by atoms with Crippen LogP contribution in [0.4, 0.5) is 0 Å². The van der Waals surface area contributed by atoms with E-state index in [4.69, 9.17) is 78.3 Å². The molecule has 0 saturated carbocycles. The number of carbonyl (C=O) groups excluding carboxylic acids is 11. The standard InChI is InChI=1S/C58H99I4N29O11/c59-40-38-39(41(60)43(62)42(40)61)52(102)91(51(38)101)28-37(93)77-21-5-1-2-19-36(92)84-30(13-6-22-78-53(65)66)45(95)86-32(15-8-24-80-55(69)70)47(97)88-34(17-10-26-82-57(73)74)49(99)90-35(18-11-27-83-58(75)76)50(100)89-33(16-9-25-81-56(71)72)48(98)87-31(14-7-23-79-54(67)68)46(96)85-29(44(64)94)12-3-4-20-63/h29-35H,1-28,63H2,(H2,64,94)(H,77,93)(H,84,92)(H,85,96)(H,86,95)(H,87,98)(H,88,97)(H,89,100)(H,90,99)(H4,65,66,78)(H4,67,68,79)(H4,69,70,80)(H4,71,72,81)(H4,73,74,82)(H4,75,76,83)/t29-,30-,31?,32?,33-,34-,35?/m1/s1.